The lowest BCUT2D eigenvalue weighted by Crippen LogP contribution is -2.23. The molecule has 0 spiro atoms. The molecule has 1 aromatic carbocycles. The Morgan fingerprint density at radius 1 is 1.37 bits per heavy atom. The topological polar surface area (TPSA) is 29.9 Å². The number of likely N-dealkylation sites (N-methyl/N-ethyl adjacent to an activating group) is 1. The van der Waals surface area contributed by atoms with E-state index in [1.54, 1.807) is 0 Å². The van der Waals surface area contributed by atoms with Gasteiger partial charge in [0.05, 0.1) is 5.69 Å². The van der Waals surface area contributed by atoms with E-state index in [-0.39, 0.29) is 6.04 Å². The molecule has 0 saturated carbocycles. The normalized spacial score (nSPS) is 12.6. The van der Waals surface area contributed by atoms with Crippen LogP contribution in [0.3, 0.4) is 0 Å². The third kappa shape index (κ3) is 3.67. The average molecular weight is 322 g/mol. The second-order valence-corrected chi connectivity index (χ2v) is 5.67. The molecule has 4 heteroatoms. The van der Waals surface area contributed by atoms with Gasteiger partial charge in [0.15, 0.2) is 0 Å². The van der Waals surface area contributed by atoms with E-state index in [9.17, 15) is 0 Å². The number of rotatable bonds is 5. The van der Waals surface area contributed by atoms with Gasteiger partial charge in [0, 0.05) is 30.2 Å². The van der Waals surface area contributed by atoms with E-state index in [2.05, 4.69) is 64.5 Å². The maximum atomic E-state index is 4.47. The Bertz CT molecular complexity index is 548. The van der Waals surface area contributed by atoms with Crippen LogP contribution in [0.5, 0.6) is 0 Å². The predicted molar refractivity (Wildman–Crippen MR) is 82.2 cm³/mol. The minimum atomic E-state index is 0.287. The molecule has 0 saturated heterocycles. The van der Waals surface area contributed by atoms with Crippen LogP contribution in [0, 0.1) is 6.92 Å². The Labute approximate surface area is 123 Å². The molecule has 0 aliphatic heterocycles. The summed E-state index contributed by atoms with van der Waals surface area (Å²) in [6.45, 7) is 5.18. The molecule has 0 aliphatic carbocycles. The molecule has 2 aromatic rings. The summed E-state index contributed by atoms with van der Waals surface area (Å²) in [7, 11) is 1.95. The molecule has 1 atom stereocenters. The Hall–Kier alpha value is -1.13. The summed E-state index contributed by atoms with van der Waals surface area (Å²) in [4.78, 5) is 0. The zero-order valence-electron chi connectivity index (χ0n) is 11.7. The van der Waals surface area contributed by atoms with Crippen LogP contribution >= 0.6 is 15.9 Å². The average Bonchev–Trinajstić information content (AvgIpc) is 2.74. The first kappa shape index (κ1) is 14.3. The van der Waals surface area contributed by atoms with Crippen LogP contribution in [0.4, 0.5) is 0 Å². The van der Waals surface area contributed by atoms with Crippen LogP contribution in [-0.2, 0) is 13.5 Å². The largest absolute Gasteiger partial charge is 0.310 e. The standard InChI is InChI=1S/C15H20BrN3/c1-4-17-15(10-12-7-8-19(3)18-12)13-6-5-11(2)9-14(13)16/h5-9,15,17H,4,10H2,1-3H3. The molecule has 102 valence electrons. The van der Waals surface area contributed by atoms with Crippen molar-refractivity contribution in [2.45, 2.75) is 26.3 Å². The van der Waals surface area contributed by atoms with Gasteiger partial charge in [-0.1, -0.05) is 35.0 Å². The van der Waals surface area contributed by atoms with Gasteiger partial charge >= 0.3 is 0 Å². The summed E-state index contributed by atoms with van der Waals surface area (Å²) in [6.07, 6.45) is 2.89. The molecule has 0 amide bonds. The molecule has 0 fully saturated rings. The first-order chi connectivity index (χ1) is 9.10. The molecule has 3 nitrogen and oxygen atoms in total. The van der Waals surface area contributed by atoms with E-state index in [1.165, 1.54) is 11.1 Å². The zero-order chi connectivity index (χ0) is 13.8. The highest BCUT2D eigenvalue weighted by Crippen LogP contribution is 2.26. The summed E-state index contributed by atoms with van der Waals surface area (Å²) in [6, 6.07) is 8.87. The summed E-state index contributed by atoms with van der Waals surface area (Å²) in [5.74, 6) is 0. The Kier molecular flexibility index (Phi) is 4.77. The molecule has 1 N–H and O–H groups in total. The van der Waals surface area contributed by atoms with Gasteiger partial charge in [-0.2, -0.15) is 5.10 Å². The molecular formula is C15H20BrN3. The molecule has 2 rings (SSSR count). The predicted octanol–water partition coefficient (Wildman–Crippen LogP) is 3.38. The van der Waals surface area contributed by atoms with E-state index in [4.69, 9.17) is 0 Å². The molecular weight excluding hydrogens is 302 g/mol. The van der Waals surface area contributed by atoms with Gasteiger partial charge < -0.3 is 5.32 Å². The summed E-state index contributed by atoms with van der Waals surface area (Å²) in [5, 5.41) is 8.00. The zero-order valence-corrected chi connectivity index (χ0v) is 13.2. The monoisotopic (exact) mass is 321 g/mol. The second kappa shape index (κ2) is 6.35. The molecule has 0 aliphatic rings. The number of halogens is 1. The van der Waals surface area contributed by atoms with Crippen molar-refractivity contribution >= 4 is 15.9 Å². The van der Waals surface area contributed by atoms with E-state index in [1.807, 2.05) is 17.9 Å². The van der Waals surface area contributed by atoms with Crippen LogP contribution < -0.4 is 5.32 Å². The van der Waals surface area contributed by atoms with Gasteiger partial charge in [-0.3, -0.25) is 4.68 Å². The molecule has 0 bridgehead atoms. The van der Waals surface area contributed by atoms with Crippen LogP contribution in [0.15, 0.2) is 34.9 Å². The van der Waals surface area contributed by atoms with Gasteiger partial charge in [-0.15, -0.1) is 0 Å². The SMILES string of the molecule is CCNC(Cc1ccn(C)n1)c1ccc(C)cc1Br. The number of nitrogens with one attached hydrogen (secondary N) is 1. The number of hydrogen-bond donors (Lipinski definition) is 1. The fraction of sp³-hybridized carbons (Fsp3) is 0.400. The fourth-order valence-corrected chi connectivity index (χ4v) is 3.00. The quantitative estimate of drug-likeness (QED) is 0.914. The third-order valence-corrected chi connectivity index (χ3v) is 3.85. The van der Waals surface area contributed by atoms with Gasteiger partial charge in [-0.05, 0) is 36.7 Å². The Morgan fingerprint density at radius 2 is 2.16 bits per heavy atom. The first-order valence-corrected chi connectivity index (χ1v) is 7.37. The highest BCUT2D eigenvalue weighted by atomic mass is 79.9. The number of benzene rings is 1. The van der Waals surface area contributed by atoms with Crippen LogP contribution in [0.1, 0.15) is 29.8 Å². The van der Waals surface area contributed by atoms with Crippen molar-refractivity contribution in [1.29, 1.82) is 0 Å². The van der Waals surface area contributed by atoms with E-state index in [0.29, 0.717) is 0 Å². The van der Waals surface area contributed by atoms with Crippen molar-refractivity contribution in [2.24, 2.45) is 7.05 Å². The maximum Gasteiger partial charge on any atom is 0.0643 e. The van der Waals surface area contributed by atoms with Crippen molar-refractivity contribution in [3.63, 3.8) is 0 Å². The third-order valence-electron chi connectivity index (χ3n) is 3.16. The lowest BCUT2D eigenvalue weighted by atomic mass is 10.0. The van der Waals surface area contributed by atoms with Crippen molar-refractivity contribution in [2.75, 3.05) is 6.54 Å². The van der Waals surface area contributed by atoms with Crippen LogP contribution in [0.25, 0.3) is 0 Å². The molecule has 1 aromatic heterocycles. The summed E-state index contributed by atoms with van der Waals surface area (Å²) < 4.78 is 3.01. The van der Waals surface area contributed by atoms with E-state index < -0.39 is 0 Å². The molecule has 19 heavy (non-hydrogen) atoms. The highest BCUT2D eigenvalue weighted by molar-refractivity contribution is 9.10. The van der Waals surface area contributed by atoms with Crippen molar-refractivity contribution in [1.82, 2.24) is 15.1 Å². The molecule has 0 radical (unpaired) electrons. The van der Waals surface area contributed by atoms with Crippen molar-refractivity contribution < 1.29 is 0 Å². The Balaban J connectivity index is 2.23. The lowest BCUT2D eigenvalue weighted by Gasteiger charge is -2.19. The van der Waals surface area contributed by atoms with Gasteiger partial charge in [-0.25, -0.2) is 0 Å². The van der Waals surface area contributed by atoms with Gasteiger partial charge in [0.2, 0.25) is 0 Å². The van der Waals surface area contributed by atoms with Gasteiger partial charge in [0.1, 0.15) is 0 Å². The van der Waals surface area contributed by atoms with E-state index in [0.717, 1.165) is 23.1 Å². The molecule has 1 unspecified atom stereocenters. The van der Waals surface area contributed by atoms with Crippen LogP contribution in [0.2, 0.25) is 0 Å². The van der Waals surface area contributed by atoms with Crippen molar-refractivity contribution in [3.8, 4) is 0 Å². The smallest absolute Gasteiger partial charge is 0.0643 e. The highest BCUT2D eigenvalue weighted by Gasteiger charge is 2.15. The number of aromatic nitrogens is 2. The Morgan fingerprint density at radius 3 is 2.74 bits per heavy atom. The van der Waals surface area contributed by atoms with E-state index >= 15 is 0 Å². The number of hydrogen-bond acceptors (Lipinski definition) is 2. The summed E-state index contributed by atoms with van der Waals surface area (Å²) in [5.41, 5.74) is 3.67. The maximum absolute atomic E-state index is 4.47. The van der Waals surface area contributed by atoms with Crippen LogP contribution in [-0.4, -0.2) is 16.3 Å². The number of nitrogens with zero attached hydrogens (tertiary/aromatic N) is 2. The fourth-order valence-electron chi connectivity index (χ4n) is 2.23. The number of aryl methyl sites for hydroxylation is 2. The summed E-state index contributed by atoms with van der Waals surface area (Å²) >= 11 is 3.67. The second-order valence-electron chi connectivity index (χ2n) is 4.82. The molecule has 1 heterocycles. The first-order valence-electron chi connectivity index (χ1n) is 6.58. The van der Waals surface area contributed by atoms with Crippen molar-refractivity contribution in [3.05, 3.63) is 51.8 Å². The van der Waals surface area contributed by atoms with Gasteiger partial charge in [0.25, 0.3) is 0 Å². The minimum absolute atomic E-state index is 0.287. The minimum Gasteiger partial charge on any atom is -0.310 e. The lowest BCUT2D eigenvalue weighted by molar-refractivity contribution is 0.538.